The van der Waals surface area contributed by atoms with Crippen molar-refractivity contribution in [2.45, 2.75) is 31.7 Å². The van der Waals surface area contributed by atoms with Gasteiger partial charge < -0.3 is 4.90 Å². The van der Waals surface area contributed by atoms with Crippen molar-refractivity contribution >= 4 is 5.91 Å². The second-order valence-corrected chi connectivity index (χ2v) is 4.62. The molecule has 0 radical (unpaired) electrons. The van der Waals surface area contributed by atoms with Crippen LogP contribution in [0.3, 0.4) is 0 Å². The molecule has 2 bridgehead atoms. The Labute approximate surface area is 72.9 Å². The van der Waals surface area contributed by atoms with Gasteiger partial charge in [0, 0.05) is 19.0 Å². The molecule has 1 saturated heterocycles. The van der Waals surface area contributed by atoms with Crippen molar-refractivity contribution in [2.24, 2.45) is 17.8 Å². The average molecular weight is 165 g/mol. The Kier molecular flexibility index (Phi) is 1.18. The fraction of sp³-hybridized carbons (Fsp3) is 0.900. The molecule has 0 aromatic rings. The van der Waals surface area contributed by atoms with Crippen LogP contribution in [0.15, 0.2) is 0 Å². The molecule has 1 heterocycles. The maximum absolute atomic E-state index is 11.6. The molecule has 3 aliphatic rings. The molecule has 0 aromatic heterocycles. The monoisotopic (exact) mass is 165 g/mol. The summed E-state index contributed by atoms with van der Waals surface area (Å²) in [5.41, 5.74) is 0. The molecule has 3 fully saturated rings. The molecule has 2 nitrogen and oxygen atoms in total. The molecule has 1 amide bonds. The van der Waals surface area contributed by atoms with Crippen molar-refractivity contribution in [3.8, 4) is 0 Å². The Balaban J connectivity index is 1.97. The van der Waals surface area contributed by atoms with Crippen LogP contribution in [0.25, 0.3) is 0 Å². The van der Waals surface area contributed by atoms with Gasteiger partial charge in [0.05, 0.1) is 0 Å². The minimum atomic E-state index is 0.424. The second-order valence-electron chi connectivity index (χ2n) is 4.62. The lowest BCUT2D eigenvalue weighted by molar-refractivity contribution is -0.136. The van der Waals surface area contributed by atoms with Gasteiger partial charge in [-0.25, -0.2) is 0 Å². The summed E-state index contributed by atoms with van der Waals surface area (Å²) in [7, 11) is 1.99. The third-order valence-electron chi connectivity index (χ3n) is 4.29. The Morgan fingerprint density at radius 1 is 1.33 bits per heavy atom. The highest BCUT2D eigenvalue weighted by Gasteiger charge is 2.56. The molecular formula is C10H15NO. The summed E-state index contributed by atoms with van der Waals surface area (Å²) in [5.74, 6) is 2.51. The summed E-state index contributed by atoms with van der Waals surface area (Å²) in [6, 6.07) is 0.620. The quantitative estimate of drug-likeness (QED) is 0.529. The van der Waals surface area contributed by atoms with Gasteiger partial charge >= 0.3 is 0 Å². The lowest BCUT2D eigenvalue weighted by Gasteiger charge is -2.31. The van der Waals surface area contributed by atoms with Crippen molar-refractivity contribution in [1.82, 2.24) is 4.90 Å². The molecule has 4 unspecified atom stereocenters. The van der Waals surface area contributed by atoms with E-state index in [1.54, 1.807) is 0 Å². The van der Waals surface area contributed by atoms with Crippen LogP contribution in [0, 0.1) is 17.8 Å². The molecule has 2 aliphatic carbocycles. The van der Waals surface area contributed by atoms with Gasteiger partial charge in [-0.1, -0.05) is 6.42 Å². The maximum Gasteiger partial charge on any atom is 0.226 e. The third kappa shape index (κ3) is 0.606. The molecule has 2 heteroatoms. The van der Waals surface area contributed by atoms with Crippen LogP contribution in [0.5, 0.6) is 0 Å². The molecular weight excluding hydrogens is 150 g/mol. The van der Waals surface area contributed by atoms with Crippen LogP contribution < -0.4 is 0 Å². The van der Waals surface area contributed by atoms with Gasteiger partial charge in [0.25, 0.3) is 0 Å². The Morgan fingerprint density at radius 3 is 2.92 bits per heavy atom. The van der Waals surface area contributed by atoms with Gasteiger partial charge in [0.15, 0.2) is 0 Å². The van der Waals surface area contributed by atoms with E-state index in [1.807, 2.05) is 11.9 Å². The normalized spacial score (nSPS) is 50.4. The number of amides is 1. The molecule has 12 heavy (non-hydrogen) atoms. The molecule has 1 aliphatic heterocycles. The van der Waals surface area contributed by atoms with E-state index in [9.17, 15) is 4.79 Å². The molecule has 2 saturated carbocycles. The number of likely N-dealkylation sites (tertiary alicyclic amines) is 1. The summed E-state index contributed by atoms with van der Waals surface area (Å²) in [4.78, 5) is 13.6. The van der Waals surface area contributed by atoms with Crippen molar-refractivity contribution in [3.05, 3.63) is 0 Å². The topological polar surface area (TPSA) is 20.3 Å². The van der Waals surface area contributed by atoms with Gasteiger partial charge in [-0.15, -0.1) is 0 Å². The van der Waals surface area contributed by atoms with E-state index in [-0.39, 0.29) is 0 Å². The van der Waals surface area contributed by atoms with Crippen molar-refractivity contribution < 1.29 is 4.79 Å². The zero-order valence-electron chi connectivity index (χ0n) is 7.49. The third-order valence-corrected chi connectivity index (χ3v) is 4.29. The summed E-state index contributed by atoms with van der Waals surface area (Å²) in [5, 5.41) is 0. The molecule has 0 aromatic carbocycles. The second kappa shape index (κ2) is 2.04. The number of hydrogen-bond acceptors (Lipinski definition) is 1. The molecule has 66 valence electrons. The standard InChI is InChI=1S/C10H15NO/c1-11-9-5-8(10(11)12)6-3-2-4-7(6)9/h6-9H,2-5H2,1H3. The van der Waals surface area contributed by atoms with Crippen LogP contribution in [-0.2, 0) is 4.79 Å². The van der Waals surface area contributed by atoms with E-state index in [1.165, 1.54) is 25.7 Å². The number of carbonyl (C=O) groups excluding carboxylic acids is 1. The number of fused-ring (bicyclic) bond motifs is 5. The van der Waals surface area contributed by atoms with Crippen LogP contribution >= 0.6 is 0 Å². The summed E-state index contributed by atoms with van der Waals surface area (Å²) >= 11 is 0. The smallest absolute Gasteiger partial charge is 0.226 e. The van der Waals surface area contributed by atoms with E-state index in [0.29, 0.717) is 17.9 Å². The first-order chi connectivity index (χ1) is 5.79. The SMILES string of the molecule is CN1C(=O)C2CC1C1CCCC21. The van der Waals surface area contributed by atoms with Crippen molar-refractivity contribution in [1.29, 1.82) is 0 Å². The van der Waals surface area contributed by atoms with Crippen molar-refractivity contribution in [3.63, 3.8) is 0 Å². The van der Waals surface area contributed by atoms with Gasteiger partial charge in [-0.2, -0.15) is 0 Å². The maximum atomic E-state index is 11.6. The largest absolute Gasteiger partial charge is 0.342 e. The average Bonchev–Trinajstić information content (AvgIpc) is 2.63. The first-order valence-corrected chi connectivity index (χ1v) is 5.05. The number of rotatable bonds is 0. The van der Waals surface area contributed by atoms with Crippen LogP contribution in [0.4, 0.5) is 0 Å². The fourth-order valence-corrected chi connectivity index (χ4v) is 3.76. The summed E-state index contributed by atoms with van der Waals surface area (Å²) < 4.78 is 0. The van der Waals surface area contributed by atoms with E-state index in [0.717, 1.165) is 11.8 Å². The van der Waals surface area contributed by atoms with Gasteiger partial charge in [-0.05, 0) is 31.1 Å². The minimum Gasteiger partial charge on any atom is -0.342 e. The van der Waals surface area contributed by atoms with Crippen LogP contribution in [0.1, 0.15) is 25.7 Å². The highest BCUT2D eigenvalue weighted by Crippen LogP contribution is 2.53. The lowest BCUT2D eigenvalue weighted by atomic mass is 9.88. The Bertz CT molecular complexity index is 238. The molecule has 0 spiro atoms. The van der Waals surface area contributed by atoms with Crippen LogP contribution in [0.2, 0.25) is 0 Å². The highest BCUT2D eigenvalue weighted by molar-refractivity contribution is 5.83. The Morgan fingerprint density at radius 2 is 2.08 bits per heavy atom. The molecule has 0 N–H and O–H groups in total. The van der Waals surface area contributed by atoms with Crippen LogP contribution in [-0.4, -0.2) is 23.9 Å². The van der Waals surface area contributed by atoms with E-state index >= 15 is 0 Å². The van der Waals surface area contributed by atoms with Gasteiger partial charge in [0.1, 0.15) is 0 Å². The lowest BCUT2D eigenvalue weighted by Crippen LogP contribution is -2.41. The predicted octanol–water partition coefficient (Wildman–Crippen LogP) is 1.26. The minimum absolute atomic E-state index is 0.424. The first-order valence-electron chi connectivity index (χ1n) is 5.05. The van der Waals surface area contributed by atoms with E-state index in [2.05, 4.69) is 0 Å². The number of carbonyl (C=O) groups is 1. The predicted molar refractivity (Wildman–Crippen MR) is 45.5 cm³/mol. The first kappa shape index (κ1) is 6.93. The fourth-order valence-electron chi connectivity index (χ4n) is 3.76. The number of piperidine rings is 1. The number of nitrogens with zero attached hydrogens (tertiary/aromatic N) is 1. The van der Waals surface area contributed by atoms with Gasteiger partial charge in [-0.3, -0.25) is 4.79 Å². The number of hydrogen-bond donors (Lipinski definition) is 0. The van der Waals surface area contributed by atoms with Crippen molar-refractivity contribution in [2.75, 3.05) is 7.05 Å². The van der Waals surface area contributed by atoms with E-state index < -0.39 is 0 Å². The summed E-state index contributed by atoms with van der Waals surface area (Å²) in [6.45, 7) is 0. The molecule has 3 rings (SSSR count). The zero-order chi connectivity index (χ0) is 8.29. The highest BCUT2D eigenvalue weighted by atomic mass is 16.2. The van der Waals surface area contributed by atoms with Gasteiger partial charge in [0.2, 0.25) is 5.91 Å². The molecule has 4 atom stereocenters. The zero-order valence-corrected chi connectivity index (χ0v) is 7.49. The summed E-state index contributed by atoms with van der Waals surface area (Å²) in [6.07, 6.45) is 5.24. The Hall–Kier alpha value is -0.530. The van der Waals surface area contributed by atoms with E-state index in [4.69, 9.17) is 0 Å².